The van der Waals surface area contributed by atoms with Crippen molar-refractivity contribution in [2.45, 2.75) is 43.8 Å². The van der Waals surface area contributed by atoms with Crippen molar-refractivity contribution in [2.75, 3.05) is 6.54 Å². The first-order valence-corrected chi connectivity index (χ1v) is 12.3. The van der Waals surface area contributed by atoms with Crippen molar-refractivity contribution in [3.05, 3.63) is 77.4 Å². The number of nitrogens with zero attached hydrogens (tertiary/aromatic N) is 4. The van der Waals surface area contributed by atoms with E-state index >= 15 is 4.39 Å². The lowest BCUT2D eigenvalue weighted by Crippen LogP contribution is -2.51. The van der Waals surface area contributed by atoms with E-state index in [9.17, 15) is 31.9 Å². The molecule has 1 spiro atoms. The molecule has 0 saturated carbocycles. The third-order valence-electron chi connectivity index (χ3n) is 7.37. The smallest absolute Gasteiger partial charge is 0.325 e. The van der Waals surface area contributed by atoms with Gasteiger partial charge in [-0.05, 0) is 47.4 Å². The standard InChI is InChI=1S/C27H24F5N5O3/c1-15(27(30,31)32)36(12-16-3-6-19(28)7-4-16)23(38)14-37-24(39)26(34-25(37)40)10-22(29)20-9-17(5-8-21(20)26)18-11-33-35(2)13-18/h3-9,11,13,15,22H,10,12,14H2,1-2H3,(H,34,40)/t15-,22?,26?/m0/s1. The molecule has 2 unspecified atom stereocenters. The molecular formula is C27H24F5N5O3. The largest absolute Gasteiger partial charge is 0.408 e. The molecule has 3 atom stereocenters. The molecule has 1 aromatic heterocycles. The van der Waals surface area contributed by atoms with Gasteiger partial charge >= 0.3 is 12.2 Å². The quantitative estimate of drug-likeness (QED) is 0.358. The molecule has 2 aliphatic rings. The lowest BCUT2D eigenvalue weighted by atomic mass is 9.90. The summed E-state index contributed by atoms with van der Waals surface area (Å²) in [6, 6.07) is 6.00. The van der Waals surface area contributed by atoms with E-state index in [-0.39, 0.29) is 16.7 Å². The second-order valence-corrected chi connectivity index (χ2v) is 9.97. The number of aromatic nitrogens is 2. The number of amides is 4. The number of benzene rings is 2. The van der Waals surface area contributed by atoms with Crippen LogP contribution in [0.15, 0.2) is 54.9 Å². The Hall–Kier alpha value is -4.29. The molecule has 40 heavy (non-hydrogen) atoms. The molecule has 5 rings (SSSR count). The molecule has 1 N–H and O–H groups in total. The molecule has 0 bridgehead atoms. The number of hydrogen-bond acceptors (Lipinski definition) is 4. The summed E-state index contributed by atoms with van der Waals surface area (Å²) in [6.07, 6.45) is -3.53. The van der Waals surface area contributed by atoms with Crippen molar-refractivity contribution in [2.24, 2.45) is 7.05 Å². The Kier molecular flexibility index (Phi) is 6.63. The van der Waals surface area contributed by atoms with Crippen molar-refractivity contribution in [1.82, 2.24) is 24.9 Å². The maximum Gasteiger partial charge on any atom is 0.408 e. The summed E-state index contributed by atoms with van der Waals surface area (Å²) in [5.41, 5.74) is 0.186. The van der Waals surface area contributed by atoms with E-state index in [1.54, 1.807) is 36.3 Å². The molecule has 1 fully saturated rings. The van der Waals surface area contributed by atoms with Gasteiger partial charge in [-0.1, -0.05) is 24.3 Å². The van der Waals surface area contributed by atoms with Crippen LogP contribution in [0.3, 0.4) is 0 Å². The van der Waals surface area contributed by atoms with Crippen LogP contribution in [0, 0.1) is 5.82 Å². The Morgan fingerprint density at radius 2 is 1.88 bits per heavy atom. The van der Waals surface area contributed by atoms with Gasteiger partial charge in [-0.3, -0.25) is 19.2 Å². The fourth-order valence-corrected chi connectivity index (χ4v) is 5.17. The number of rotatable bonds is 6. The third-order valence-corrected chi connectivity index (χ3v) is 7.37. The second kappa shape index (κ2) is 9.72. The molecule has 13 heteroatoms. The predicted molar refractivity (Wildman–Crippen MR) is 131 cm³/mol. The van der Waals surface area contributed by atoms with Gasteiger partial charge in [0.15, 0.2) is 0 Å². The number of alkyl halides is 4. The lowest BCUT2D eigenvalue weighted by Gasteiger charge is -2.32. The average molecular weight is 562 g/mol. The number of hydrogen-bond donors (Lipinski definition) is 1. The van der Waals surface area contributed by atoms with Gasteiger partial charge in [0, 0.05) is 31.8 Å². The summed E-state index contributed by atoms with van der Waals surface area (Å²) >= 11 is 0. The Morgan fingerprint density at radius 3 is 2.50 bits per heavy atom. The van der Waals surface area contributed by atoms with Crippen LogP contribution >= 0.6 is 0 Å². The van der Waals surface area contributed by atoms with Crippen LogP contribution in [0.2, 0.25) is 0 Å². The predicted octanol–water partition coefficient (Wildman–Crippen LogP) is 4.37. The Bertz CT molecular complexity index is 1490. The highest BCUT2D eigenvalue weighted by Crippen LogP contribution is 2.49. The molecule has 210 valence electrons. The first kappa shape index (κ1) is 27.3. The summed E-state index contributed by atoms with van der Waals surface area (Å²) in [7, 11) is 1.72. The van der Waals surface area contributed by atoms with Crippen molar-refractivity contribution in [3.63, 3.8) is 0 Å². The topological polar surface area (TPSA) is 87.5 Å². The van der Waals surface area contributed by atoms with Gasteiger partial charge in [-0.2, -0.15) is 18.3 Å². The minimum Gasteiger partial charge on any atom is -0.325 e. The Labute approximate surface area is 225 Å². The highest BCUT2D eigenvalue weighted by atomic mass is 19.4. The summed E-state index contributed by atoms with van der Waals surface area (Å²) in [6.45, 7) is -0.759. The highest BCUT2D eigenvalue weighted by molar-refractivity contribution is 6.10. The number of carbonyl (C=O) groups excluding carboxylic acids is 3. The van der Waals surface area contributed by atoms with Crippen LogP contribution in [0.25, 0.3) is 11.1 Å². The zero-order valence-electron chi connectivity index (χ0n) is 21.4. The first-order valence-electron chi connectivity index (χ1n) is 12.3. The van der Waals surface area contributed by atoms with Gasteiger partial charge in [-0.25, -0.2) is 13.6 Å². The molecule has 1 aliphatic heterocycles. The zero-order valence-corrected chi connectivity index (χ0v) is 21.4. The number of imide groups is 1. The number of halogens is 5. The minimum atomic E-state index is -4.81. The van der Waals surface area contributed by atoms with Gasteiger partial charge in [0.05, 0.1) is 6.20 Å². The van der Waals surface area contributed by atoms with E-state index in [1.165, 1.54) is 18.2 Å². The van der Waals surface area contributed by atoms with E-state index in [0.29, 0.717) is 20.9 Å². The maximum absolute atomic E-state index is 15.3. The van der Waals surface area contributed by atoms with E-state index in [1.807, 2.05) is 0 Å². The number of carbonyl (C=O) groups is 3. The van der Waals surface area contributed by atoms with Gasteiger partial charge in [0.25, 0.3) is 5.91 Å². The van der Waals surface area contributed by atoms with Crippen LogP contribution in [-0.4, -0.2) is 56.2 Å². The van der Waals surface area contributed by atoms with Crippen LogP contribution in [0.4, 0.5) is 26.7 Å². The number of fused-ring (bicyclic) bond motifs is 2. The van der Waals surface area contributed by atoms with Crippen molar-refractivity contribution in [1.29, 1.82) is 0 Å². The van der Waals surface area contributed by atoms with E-state index in [0.717, 1.165) is 19.1 Å². The second-order valence-electron chi connectivity index (χ2n) is 9.97. The van der Waals surface area contributed by atoms with Crippen LogP contribution in [0.1, 0.15) is 36.2 Å². The van der Waals surface area contributed by atoms with E-state index in [2.05, 4.69) is 10.4 Å². The molecule has 2 heterocycles. The molecule has 8 nitrogen and oxygen atoms in total. The normalized spacial score (nSPS) is 21.1. The number of aryl methyl sites for hydroxylation is 1. The molecular weight excluding hydrogens is 537 g/mol. The van der Waals surface area contributed by atoms with Gasteiger partial charge in [0.2, 0.25) is 5.91 Å². The molecule has 1 aliphatic carbocycles. The van der Waals surface area contributed by atoms with E-state index in [4.69, 9.17) is 0 Å². The van der Waals surface area contributed by atoms with Gasteiger partial charge in [0.1, 0.15) is 30.1 Å². The minimum absolute atomic E-state index is 0.187. The third kappa shape index (κ3) is 4.69. The van der Waals surface area contributed by atoms with Gasteiger partial charge < -0.3 is 10.2 Å². The number of urea groups is 1. The summed E-state index contributed by atoms with van der Waals surface area (Å²) < 4.78 is 71.1. The fraction of sp³-hybridized carbons (Fsp3) is 0.333. The van der Waals surface area contributed by atoms with Crippen LogP contribution < -0.4 is 5.32 Å². The van der Waals surface area contributed by atoms with E-state index < -0.39 is 67.1 Å². The number of nitrogens with one attached hydrogen (secondary N) is 1. The molecule has 3 aromatic rings. The van der Waals surface area contributed by atoms with Crippen molar-refractivity contribution in [3.8, 4) is 11.1 Å². The van der Waals surface area contributed by atoms with Crippen LogP contribution in [-0.2, 0) is 28.7 Å². The molecule has 1 saturated heterocycles. The summed E-state index contributed by atoms with van der Waals surface area (Å²) in [5, 5.41) is 6.58. The van der Waals surface area contributed by atoms with Crippen LogP contribution in [0.5, 0.6) is 0 Å². The molecule has 4 amide bonds. The molecule has 0 radical (unpaired) electrons. The summed E-state index contributed by atoms with van der Waals surface area (Å²) in [4.78, 5) is 40.6. The average Bonchev–Trinajstić information content (AvgIpc) is 3.52. The monoisotopic (exact) mass is 561 g/mol. The Balaban J connectivity index is 1.41. The lowest BCUT2D eigenvalue weighted by molar-refractivity contribution is -0.187. The maximum atomic E-state index is 15.3. The zero-order chi connectivity index (χ0) is 29.0. The van der Waals surface area contributed by atoms with Crippen molar-refractivity contribution >= 4 is 17.8 Å². The van der Waals surface area contributed by atoms with Gasteiger partial charge in [-0.15, -0.1) is 0 Å². The van der Waals surface area contributed by atoms with Crippen molar-refractivity contribution < 1.29 is 36.3 Å². The molecule has 2 aromatic carbocycles. The summed E-state index contributed by atoms with van der Waals surface area (Å²) in [5.74, 6) is -2.69. The first-order chi connectivity index (χ1) is 18.8. The Morgan fingerprint density at radius 1 is 1.18 bits per heavy atom. The highest BCUT2D eigenvalue weighted by Gasteiger charge is 2.59. The fourth-order valence-electron chi connectivity index (χ4n) is 5.17. The SMILES string of the molecule is C[C@H](N(Cc1ccc(F)cc1)C(=O)CN1C(=O)NC2(CC(F)c3cc(-c4cnn(C)c4)ccc32)C1=O)C(F)(F)F.